The van der Waals surface area contributed by atoms with Crippen molar-refractivity contribution in [3.63, 3.8) is 0 Å². The van der Waals surface area contributed by atoms with Gasteiger partial charge in [0, 0.05) is 45.0 Å². The summed E-state index contributed by atoms with van der Waals surface area (Å²) in [6.45, 7) is 4.50. The van der Waals surface area contributed by atoms with Crippen molar-refractivity contribution in [1.82, 2.24) is 10.6 Å². The number of rotatable bonds is 11. The summed E-state index contributed by atoms with van der Waals surface area (Å²) >= 11 is 0. The zero-order valence-corrected chi connectivity index (χ0v) is 17.4. The van der Waals surface area contributed by atoms with Crippen molar-refractivity contribution in [2.24, 2.45) is 4.99 Å². The molecule has 2 aromatic carbocycles. The second-order valence-electron chi connectivity index (χ2n) is 6.34. The molecular formula is C22H29FN4O3. The standard InChI is InChI=1S/C22H29FN4O3/c1-3-24-22(26-13-12-25-21(28)19-10-4-5-11-20(19)23)27-17-8-6-9-18(16-17)30-15-7-14-29-2/h4-6,8-11,16H,3,7,12-15H2,1-2H3,(H,25,28)(H2,24,26,27). The first-order valence-electron chi connectivity index (χ1n) is 9.94. The fourth-order valence-corrected chi connectivity index (χ4v) is 2.58. The van der Waals surface area contributed by atoms with E-state index >= 15 is 0 Å². The zero-order chi connectivity index (χ0) is 21.6. The molecule has 30 heavy (non-hydrogen) atoms. The van der Waals surface area contributed by atoms with Crippen LogP contribution in [0.2, 0.25) is 0 Å². The number of nitrogens with one attached hydrogen (secondary N) is 3. The van der Waals surface area contributed by atoms with Gasteiger partial charge in [0.05, 0.1) is 18.7 Å². The molecule has 2 aromatic rings. The van der Waals surface area contributed by atoms with Crippen LogP contribution in [0.25, 0.3) is 0 Å². The van der Waals surface area contributed by atoms with Gasteiger partial charge < -0.3 is 25.4 Å². The molecule has 0 saturated heterocycles. The summed E-state index contributed by atoms with van der Waals surface area (Å²) in [6, 6.07) is 13.5. The van der Waals surface area contributed by atoms with Gasteiger partial charge in [-0.25, -0.2) is 4.39 Å². The number of guanidine groups is 1. The Bertz CT molecular complexity index is 830. The molecule has 1 amide bonds. The first-order valence-corrected chi connectivity index (χ1v) is 9.94. The van der Waals surface area contributed by atoms with Crippen LogP contribution in [0.5, 0.6) is 5.75 Å². The molecule has 0 atom stereocenters. The lowest BCUT2D eigenvalue weighted by Gasteiger charge is -2.13. The van der Waals surface area contributed by atoms with Gasteiger partial charge in [0.2, 0.25) is 0 Å². The minimum absolute atomic E-state index is 0.0221. The van der Waals surface area contributed by atoms with Crippen LogP contribution in [0.4, 0.5) is 10.1 Å². The molecule has 0 aromatic heterocycles. The molecule has 0 saturated carbocycles. The minimum Gasteiger partial charge on any atom is -0.493 e. The number of hydrogen-bond acceptors (Lipinski definition) is 4. The van der Waals surface area contributed by atoms with Gasteiger partial charge in [0.1, 0.15) is 11.6 Å². The molecule has 0 fully saturated rings. The van der Waals surface area contributed by atoms with Gasteiger partial charge in [-0.15, -0.1) is 0 Å². The van der Waals surface area contributed by atoms with Gasteiger partial charge in [-0.3, -0.25) is 9.79 Å². The van der Waals surface area contributed by atoms with Crippen LogP contribution in [-0.4, -0.2) is 51.8 Å². The number of benzene rings is 2. The lowest BCUT2D eigenvalue weighted by molar-refractivity contribution is 0.0951. The molecule has 0 spiro atoms. The van der Waals surface area contributed by atoms with Crippen LogP contribution in [0.15, 0.2) is 53.5 Å². The highest BCUT2D eigenvalue weighted by Crippen LogP contribution is 2.17. The smallest absolute Gasteiger partial charge is 0.254 e. The Balaban J connectivity index is 1.87. The van der Waals surface area contributed by atoms with Crippen LogP contribution in [0.1, 0.15) is 23.7 Å². The van der Waals surface area contributed by atoms with Crippen molar-refractivity contribution in [1.29, 1.82) is 0 Å². The number of amides is 1. The first kappa shape index (κ1) is 23.2. The lowest BCUT2D eigenvalue weighted by Crippen LogP contribution is -2.32. The number of ether oxygens (including phenoxy) is 2. The van der Waals surface area contributed by atoms with Crippen LogP contribution < -0.4 is 20.7 Å². The number of carbonyl (C=O) groups is 1. The third-order valence-electron chi connectivity index (χ3n) is 3.99. The van der Waals surface area contributed by atoms with E-state index in [0.29, 0.717) is 32.3 Å². The number of carbonyl (C=O) groups excluding carboxylic acids is 1. The maximum Gasteiger partial charge on any atom is 0.254 e. The maximum atomic E-state index is 13.6. The van der Waals surface area contributed by atoms with Crippen molar-refractivity contribution < 1.29 is 18.7 Å². The monoisotopic (exact) mass is 416 g/mol. The Kier molecular flexibility index (Phi) is 10.2. The van der Waals surface area contributed by atoms with Crippen molar-refractivity contribution in [2.45, 2.75) is 13.3 Å². The number of hydrogen-bond donors (Lipinski definition) is 3. The SMILES string of the molecule is CCNC(=NCCNC(=O)c1ccccc1F)Nc1cccc(OCCCOC)c1. The highest BCUT2D eigenvalue weighted by Gasteiger charge is 2.09. The second kappa shape index (κ2) is 13.2. The Morgan fingerprint density at radius 1 is 1.10 bits per heavy atom. The number of aliphatic imine (C=N–C) groups is 1. The zero-order valence-electron chi connectivity index (χ0n) is 17.4. The Labute approximate surface area is 176 Å². The molecule has 0 heterocycles. The fraction of sp³-hybridized carbons (Fsp3) is 0.364. The van der Waals surface area contributed by atoms with E-state index in [-0.39, 0.29) is 12.1 Å². The normalized spacial score (nSPS) is 11.1. The molecule has 3 N–H and O–H groups in total. The summed E-state index contributed by atoms with van der Waals surface area (Å²) in [7, 11) is 1.66. The van der Waals surface area contributed by atoms with Gasteiger partial charge in [-0.1, -0.05) is 18.2 Å². The molecule has 0 bridgehead atoms. The Hall–Kier alpha value is -3.13. The number of methoxy groups -OCH3 is 1. The van der Waals surface area contributed by atoms with E-state index in [0.717, 1.165) is 17.9 Å². The third kappa shape index (κ3) is 8.08. The first-order chi connectivity index (χ1) is 14.6. The Morgan fingerprint density at radius 2 is 1.93 bits per heavy atom. The van der Waals surface area contributed by atoms with Gasteiger partial charge in [0.25, 0.3) is 5.91 Å². The van der Waals surface area contributed by atoms with Crippen molar-refractivity contribution >= 4 is 17.6 Å². The summed E-state index contributed by atoms with van der Waals surface area (Å²) in [5.74, 6) is 0.329. The van der Waals surface area contributed by atoms with Gasteiger partial charge >= 0.3 is 0 Å². The quantitative estimate of drug-likeness (QED) is 0.298. The van der Waals surface area contributed by atoms with E-state index in [2.05, 4.69) is 20.9 Å². The highest BCUT2D eigenvalue weighted by molar-refractivity contribution is 5.95. The third-order valence-corrected chi connectivity index (χ3v) is 3.99. The molecule has 7 nitrogen and oxygen atoms in total. The van der Waals surface area contributed by atoms with E-state index in [1.807, 2.05) is 31.2 Å². The van der Waals surface area contributed by atoms with Gasteiger partial charge in [-0.05, 0) is 31.2 Å². The molecule has 0 aliphatic heterocycles. The lowest BCUT2D eigenvalue weighted by atomic mass is 10.2. The molecule has 0 radical (unpaired) electrons. The molecule has 0 aliphatic carbocycles. The summed E-state index contributed by atoms with van der Waals surface area (Å²) in [5.41, 5.74) is 0.850. The van der Waals surface area contributed by atoms with Crippen molar-refractivity contribution in [3.05, 3.63) is 59.9 Å². The fourth-order valence-electron chi connectivity index (χ4n) is 2.58. The summed E-state index contributed by atoms with van der Waals surface area (Å²) in [4.78, 5) is 16.5. The summed E-state index contributed by atoms with van der Waals surface area (Å²) in [5, 5.41) is 9.03. The minimum atomic E-state index is -0.544. The predicted molar refractivity (Wildman–Crippen MR) is 117 cm³/mol. The van der Waals surface area contributed by atoms with Crippen molar-refractivity contribution in [2.75, 3.05) is 45.3 Å². The average Bonchev–Trinajstić information content (AvgIpc) is 2.75. The summed E-state index contributed by atoms with van der Waals surface area (Å²) < 4.78 is 24.4. The van der Waals surface area contributed by atoms with Crippen LogP contribution in [-0.2, 0) is 4.74 Å². The maximum absolute atomic E-state index is 13.6. The van der Waals surface area contributed by atoms with E-state index < -0.39 is 11.7 Å². The highest BCUT2D eigenvalue weighted by atomic mass is 19.1. The molecule has 2 rings (SSSR count). The van der Waals surface area contributed by atoms with Crippen LogP contribution >= 0.6 is 0 Å². The molecule has 0 aliphatic rings. The van der Waals surface area contributed by atoms with Gasteiger partial charge in [-0.2, -0.15) is 0 Å². The molecular weight excluding hydrogens is 387 g/mol. The largest absolute Gasteiger partial charge is 0.493 e. The number of halogens is 1. The predicted octanol–water partition coefficient (Wildman–Crippen LogP) is 3.05. The molecule has 0 unspecified atom stereocenters. The number of nitrogens with zero attached hydrogens (tertiary/aromatic N) is 1. The van der Waals surface area contributed by atoms with Crippen molar-refractivity contribution in [3.8, 4) is 5.75 Å². The van der Waals surface area contributed by atoms with Crippen LogP contribution in [0, 0.1) is 5.82 Å². The topological polar surface area (TPSA) is 84.0 Å². The van der Waals surface area contributed by atoms with Crippen LogP contribution in [0.3, 0.4) is 0 Å². The van der Waals surface area contributed by atoms with Gasteiger partial charge in [0.15, 0.2) is 5.96 Å². The number of anilines is 1. The van der Waals surface area contributed by atoms with E-state index in [1.165, 1.54) is 12.1 Å². The summed E-state index contributed by atoms with van der Waals surface area (Å²) in [6.07, 6.45) is 0.816. The average molecular weight is 416 g/mol. The second-order valence-corrected chi connectivity index (χ2v) is 6.34. The molecule has 162 valence electrons. The van der Waals surface area contributed by atoms with E-state index in [9.17, 15) is 9.18 Å². The van der Waals surface area contributed by atoms with E-state index in [4.69, 9.17) is 9.47 Å². The molecule has 8 heteroatoms. The van der Waals surface area contributed by atoms with E-state index in [1.54, 1.807) is 19.2 Å². The Morgan fingerprint density at radius 3 is 2.70 bits per heavy atom.